The van der Waals surface area contributed by atoms with E-state index < -0.39 is 25.1 Å². The second kappa shape index (κ2) is 10.8. The van der Waals surface area contributed by atoms with E-state index in [4.69, 9.17) is 14.4 Å². The number of nitrogens with one attached hydrogen (secondary N) is 1. The number of ether oxygens (including phenoxy) is 1. The third-order valence-electron chi connectivity index (χ3n) is 5.60. The highest BCUT2D eigenvalue weighted by atomic mass is 16.5. The fourth-order valence-corrected chi connectivity index (χ4v) is 3.86. The molecule has 0 aliphatic carbocycles. The highest BCUT2D eigenvalue weighted by Crippen LogP contribution is 2.22. The molecule has 1 aromatic carbocycles. The lowest BCUT2D eigenvalue weighted by molar-refractivity contribution is -0.129. The standard InChI is InChI=1S/C22H26BN3O6/c1-15(12-24)21(27)26-10-6-2-3-7-17(26)14-32-22(28)25-20(23(29)30)11-16-13-31-19-9-5-4-8-18(16)19/h4-5,8-9,13,17,20,29-30H,1-3,6-7,10-11,14H2,(H,25,28)/t17-,20+/m1/s1. The first-order chi connectivity index (χ1) is 15.4. The van der Waals surface area contributed by atoms with Gasteiger partial charge in [-0.25, -0.2) is 4.79 Å². The summed E-state index contributed by atoms with van der Waals surface area (Å²) in [5.41, 5.74) is 1.22. The molecule has 0 bridgehead atoms. The summed E-state index contributed by atoms with van der Waals surface area (Å²) in [6.07, 6.45) is 4.04. The number of likely N-dealkylation sites (tertiary alicyclic amines) is 1. The predicted molar refractivity (Wildman–Crippen MR) is 117 cm³/mol. The Kier molecular flexibility index (Phi) is 7.92. The van der Waals surface area contributed by atoms with E-state index in [2.05, 4.69) is 11.9 Å². The molecule has 168 valence electrons. The zero-order valence-corrected chi connectivity index (χ0v) is 17.7. The van der Waals surface area contributed by atoms with Gasteiger partial charge in [0.25, 0.3) is 5.91 Å². The summed E-state index contributed by atoms with van der Waals surface area (Å²) in [5.74, 6) is -1.48. The lowest BCUT2D eigenvalue weighted by atomic mass is 9.76. The normalized spacial score (nSPS) is 17.2. The maximum absolute atomic E-state index is 12.5. The van der Waals surface area contributed by atoms with Crippen molar-refractivity contribution in [2.45, 2.75) is 44.1 Å². The van der Waals surface area contributed by atoms with E-state index in [1.807, 2.05) is 18.2 Å². The minimum atomic E-state index is -1.81. The molecule has 1 aromatic heterocycles. The Labute approximate surface area is 186 Å². The fourth-order valence-electron chi connectivity index (χ4n) is 3.86. The van der Waals surface area contributed by atoms with Crippen LogP contribution in [0.1, 0.15) is 31.2 Å². The molecule has 0 spiro atoms. The van der Waals surface area contributed by atoms with Gasteiger partial charge >= 0.3 is 13.2 Å². The van der Waals surface area contributed by atoms with Crippen molar-refractivity contribution in [3.8, 4) is 6.07 Å². The van der Waals surface area contributed by atoms with Gasteiger partial charge in [0, 0.05) is 11.9 Å². The van der Waals surface area contributed by atoms with Gasteiger partial charge in [-0.3, -0.25) is 4.79 Å². The third kappa shape index (κ3) is 5.69. The summed E-state index contributed by atoms with van der Waals surface area (Å²) in [5, 5.41) is 31.8. The van der Waals surface area contributed by atoms with Crippen LogP contribution in [0.25, 0.3) is 11.0 Å². The maximum atomic E-state index is 12.5. The first-order valence-corrected chi connectivity index (χ1v) is 10.5. The number of fused-ring (bicyclic) bond motifs is 1. The second-order valence-corrected chi connectivity index (χ2v) is 7.82. The van der Waals surface area contributed by atoms with Gasteiger partial charge in [0.2, 0.25) is 0 Å². The Bertz CT molecular complexity index is 1010. The van der Waals surface area contributed by atoms with Gasteiger partial charge in [0.15, 0.2) is 0 Å². The molecule has 3 rings (SSSR count). The van der Waals surface area contributed by atoms with Crippen LogP contribution in [0.15, 0.2) is 47.1 Å². The first-order valence-electron chi connectivity index (χ1n) is 10.5. The van der Waals surface area contributed by atoms with Crippen molar-refractivity contribution in [3.05, 3.63) is 48.2 Å². The van der Waals surface area contributed by atoms with Crippen molar-refractivity contribution in [2.75, 3.05) is 13.2 Å². The Morgan fingerprint density at radius 3 is 2.88 bits per heavy atom. The molecule has 2 heterocycles. The lowest BCUT2D eigenvalue weighted by Gasteiger charge is -2.29. The van der Waals surface area contributed by atoms with E-state index in [0.29, 0.717) is 18.5 Å². The molecule has 1 saturated heterocycles. The summed E-state index contributed by atoms with van der Waals surface area (Å²) in [7, 11) is -1.81. The number of nitriles is 1. The number of carbonyl (C=O) groups is 2. The molecule has 32 heavy (non-hydrogen) atoms. The lowest BCUT2D eigenvalue weighted by Crippen LogP contribution is -2.49. The van der Waals surface area contributed by atoms with Crippen molar-refractivity contribution in [3.63, 3.8) is 0 Å². The predicted octanol–water partition coefficient (Wildman–Crippen LogP) is 1.93. The Hall–Kier alpha value is -3.29. The van der Waals surface area contributed by atoms with Crippen molar-refractivity contribution in [1.29, 1.82) is 5.26 Å². The van der Waals surface area contributed by atoms with Crippen molar-refractivity contribution < 1.29 is 28.8 Å². The Morgan fingerprint density at radius 2 is 2.12 bits per heavy atom. The highest BCUT2D eigenvalue weighted by molar-refractivity contribution is 6.43. The minimum Gasteiger partial charge on any atom is -0.464 e. The molecule has 2 atom stereocenters. The molecule has 10 heteroatoms. The van der Waals surface area contributed by atoms with Crippen LogP contribution in [0.4, 0.5) is 4.79 Å². The van der Waals surface area contributed by atoms with Gasteiger partial charge in [0.1, 0.15) is 23.8 Å². The van der Waals surface area contributed by atoms with Gasteiger partial charge in [-0.1, -0.05) is 37.6 Å². The molecule has 0 radical (unpaired) electrons. The molecular weight excluding hydrogens is 413 g/mol. The van der Waals surface area contributed by atoms with Crippen molar-refractivity contribution >= 4 is 30.1 Å². The quantitative estimate of drug-likeness (QED) is 0.341. The van der Waals surface area contributed by atoms with Gasteiger partial charge in [-0.15, -0.1) is 0 Å². The molecule has 9 nitrogen and oxygen atoms in total. The van der Waals surface area contributed by atoms with Crippen LogP contribution in [0.2, 0.25) is 0 Å². The Balaban J connectivity index is 1.61. The average Bonchev–Trinajstić information content (AvgIpc) is 3.04. The molecule has 3 N–H and O–H groups in total. The van der Waals surface area contributed by atoms with Crippen molar-refractivity contribution in [1.82, 2.24) is 10.2 Å². The number of furan rings is 1. The number of amides is 2. The summed E-state index contributed by atoms with van der Waals surface area (Å²) in [4.78, 5) is 26.4. The monoisotopic (exact) mass is 439 g/mol. The highest BCUT2D eigenvalue weighted by Gasteiger charge is 2.30. The van der Waals surface area contributed by atoms with E-state index in [9.17, 15) is 19.6 Å². The SMILES string of the molecule is C=C(C#N)C(=O)N1CCCCC[C@@H]1COC(=O)N[C@@H](Cc1coc2ccccc12)B(O)O. The summed E-state index contributed by atoms with van der Waals surface area (Å²) < 4.78 is 10.8. The number of alkyl carbamates (subject to hydrolysis) is 1. The van der Waals surface area contributed by atoms with Crippen LogP contribution in [0.5, 0.6) is 0 Å². The molecule has 1 aliphatic heterocycles. The number of rotatable bonds is 7. The van der Waals surface area contributed by atoms with Crippen LogP contribution in [0.3, 0.4) is 0 Å². The van der Waals surface area contributed by atoms with Crippen LogP contribution >= 0.6 is 0 Å². The van der Waals surface area contributed by atoms with E-state index in [-0.39, 0.29) is 24.6 Å². The second-order valence-electron chi connectivity index (χ2n) is 7.82. The number of hydrogen-bond acceptors (Lipinski definition) is 7. The van der Waals surface area contributed by atoms with Crippen LogP contribution in [-0.4, -0.2) is 59.2 Å². The largest absolute Gasteiger partial charge is 0.475 e. The van der Waals surface area contributed by atoms with Crippen LogP contribution < -0.4 is 5.32 Å². The van der Waals surface area contributed by atoms with Gasteiger partial charge in [-0.05, 0) is 30.9 Å². The number of nitrogens with zero attached hydrogens (tertiary/aromatic N) is 2. The summed E-state index contributed by atoms with van der Waals surface area (Å²) in [6.45, 7) is 3.88. The van der Waals surface area contributed by atoms with Gasteiger partial charge in [0.05, 0.1) is 18.2 Å². The third-order valence-corrected chi connectivity index (χ3v) is 5.60. The number of para-hydroxylation sites is 1. The molecule has 2 amide bonds. The smallest absolute Gasteiger partial charge is 0.464 e. The molecule has 1 aliphatic rings. The zero-order chi connectivity index (χ0) is 23.1. The average molecular weight is 439 g/mol. The van der Waals surface area contributed by atoms with Crippen LogP contribution in [0, 0.1) is 11.3 Å². The molecular formula is C22H26BN3O6. The number of benzene rings is 1. The number of carbonyl (C=O) groups excluding carboxylic acids is 2. The Morgan fingerprint density at radius 1 is 1.34 bits per heavy atom. The zero-order valence-electron chi connectivity index (χ0n) is 17.7. The molecule has 1 fully saturated rings. The summed E-state index contributed by atoms with van der Waals surface area (Å²) in [6, 6.07) is 8.71. The van der Waals surface area contributed by atoms with Crippen LogP contribution in [-0.2, 0) is 16.0 Å². The molecule has 0 unspecified atom stereocenters. The van der Waals surface area contributed by atoms with E-state index in [1.165, 1.54) is 11.2 Å². The van der Waals surface area contributed by atoms with E-state index >= 15 is 0 Å². The van der Waals surface area contributed by atoms with Gasteiger partial charge < -0.3 is 29.4 Å². The van der Waals surface area contributed by atoms with Crippen molar-refractivity contribution in [2.24, 2.45) is 0 Å². The van der Waals surface area contributed by atoms with E-state index in [0.717, 1.165) is 30.2 Å². The molecule has 2 aromatic rings. The first kappa shape index (κ1) is 23.4. The topological polar surface area (TPSA) is 136 Å². The summed E-state index contributed by atoms with van der Waals surface area (Å²) >= 11 is 0. The maximum Gasteiger partial charge on any atom is 0.475 e. The van der Waals surface area contributed by atoms with Gasteiger partial charge in [-0.2, -0.15) is 5.26 Å². The fraction of sp³-hybridized carbons (Fsp3) is 0.409. The van der Waals surface area contributed by atoms with E-state index in [1.54, 1.807) is 12.1 Å². The number of hydrogen-bond donors (Lipinski definition) is 3. The minimum absolute atomic E-state index is 0.0703. The molecule has 0 saturated carbocycles.